The van der Waals surface area contributed by atoms with Crippen molar-refractivity contribution in [2.45, 2.75) is 286 Å². The zero-order chi connectivity index (χ0) is 57.6. The molecule has 0 saturated heterocycles. The number of carbonyl (C=O) groups excluding carboxylic acids is 4. The molecule has 17 nitrogen and oxygen atoms in total. The van der Waals surface area contributed by atoms with Gasteiger partial charge in [0.2, 0.25) is 0 Å². The van der Waals surface area contributed by atoms with E-state index < -0.39 is 97.5 Å². The molecule has 0 fully saturated rings. The molecule has 0 radical (unpaired) electrons. The Hall–Kier alpha value is -1.94. The first kappa shape index (κ1) is 75.1. The van der Waals surface area contributed by atoms with E-state index in [-0.39, 0.29) is 25.7 Å². The summed E-state index contributed by atoms with van der Waals surface area (Å²) in [5, 5.41) is 10.5. The van der Waals surface area contributed by atoms with Crippen LogP contribution >= 0.6 is 15.6 Å². The molecule has 77 heavy (non-hydrogen) atoms. The van der Waals surface area contributed by atoms with Crippen molar-refractivity contribution in [3.05, 3.63) is 0 Å². The Labute approximate surface area is 467 Å². The molecule has 6 atom stereocenters. The number of esters is 4. The number of carbonyl (C=O) groups is 4. The van der Waals surface area contributed by atoms with Gasteiger partial charge in [0.15, 0.2) is 12.2 Å². The molecule has 456 valence electrons. The number of rotatable bonds is 55. The van der Waals surface area contributed by atoms with Crippen LogP contribution in [0.1, 0.15) is 267 Å². The Morgan fingerprint density at radius 1 is 0.364 bits per heavy atom. The third kappa shape index (κ3) is 51.9. The van der Waals surface area contributed by atoms with E-state index in [1.54, 1.807) is 0 Å². The second-order valence-corrected chi connectivity index (χ2v) is 25.6. The molecule has 0 saturated carbocycles. The average Bonchev–Trinajstić information content (AvgIpc) is 3.37. The van der Waals surface area contributed by atoms with Crippen LogP contribution in [0.2, 0.25) is 0 Å². The number of aliphatic hydroxyl groups excluding tert-OH is 1. The average molecular weight is 1140 g/mol. The summed E-state index contributed by atoms with van der Waals surface area (Å²) < 4.78 is 67.6. The van der Waals surface area contributed by atoms with Crippen LogP contribution in [0.25, 0.3) is 0 Å². The maximum absolute atomic E-state index is 12.9. The van der Waals surface area contributed by atoms with Gasteiger partial charge < -0.3 is 33.8 Å². The van der Waals surface area contributed by atoms with Gasteiger partial charge in [-0.1, -0.05) is 216 Å². The lowest BCUT2D eigenvalue weighted by molar-refractivity contribution is -0.161. The van der Waals surface area contributed by atoms with Gasteiger partial charge in [0.05, 0.1) is 26.4 Å². The zero-order valence-corrected chi connectivity index (χ0v) is 51.4. The Morgan fingerprint density at radius 3 is 0.922 bits per heavy atom. The third-order valence-corrected chi connectivity index (χ3v) is 15.3. The fraction of sp³-hybridized carbons (Fsp3) is 0.931. The molecule has 0 amide bonds. The minimum Gasteiger partial charge on any atom is -0.462 e. The molecular weight excluding hydrogens is 1030 g/mol. The summed E-state index contributed by atoms with van der Waals surface area (Å²) in [5.41, 5.74) is 0. The van der Waals surface area contributed by atoms with E-state index >= 15 is 0 Å². The van der Waals surface area contributed by atoms with E-state index in [1.165, 1.54) is 57.8 Å². The number of aliphatic hydroxyl groups is 1. The van der Waals surface area contributed by atoms with Crippen LogP contribution in [0.3, 0.4) is 0 Å². The maximum Gasteiger partial charge on any atom is 0.472 e. The van der Waals surface area contributed by atoms with Crippen LogP contribution in [-0.2, 0) is 65.4 Å². The number of hydrogen-bond acceptors (Lipinski definition) is 15. The van der Waals surface area contributed by atoms with Crippen LogP contribution in [-0.4, -0.2) is 96.7 Å². The fourth-order valence-corrected chi connectivity index (χ4v) is 9.92. The van der Waals surface area contributed by atoms with Gasteiger partial charge in [-0.3, -0.25) is 37.3 Å². The molecule has 0 aromatic carbocycles. The van der Waals surface area contributed by atoms with Crippen LogP contribution in [0, 0.1) is 23.7 Å². The predicted molar refractivity (Wildman–Crippen MR) is 303 cm³/mol. The highest BCUT2D eigenvalue weighted by Crippen LogP contribution is 2.45. The molecule has 19 heteroatoms. The second-order valence-electron chi connectivity index (χ2n) is 22.7. The Kier molecular flexibility index (Phi) is 47.5. The van der Waals surface area contributed by atoms with Crippen molar-refractivity contribution in [2.75, 3.05) is 39.6 Å². The number of unbranched alkanes of at least 4 members (excludes halogenated alkanes) is 20. The first-order chi connectivity index (χ1) is 36.6. The molecule has 0 aliphatic carbocycles. The van der Waals surface area contributed by atoms with Gasteiger partial charge in [0, 0.05) is 25.7 Å². The summed E-state index contributed by atoms with van der Waals surface area (Å²) in [6.45, 7) is 13.7. The summed E-state index contributed by atoms with van der Waals surface area (Å²) in [5.74, 6) is 0.592. The van der Waals surface area contributed by atoms with Crippen LogP contribution in [0.5, 0.6) is 0 Å². The van der Waals surface area contributed by atoms with E-state index in [1.807, 2.05) is 0 Å². The summed E-state index contributed by atoms with van der Waals surface area (Å²) in [7, 11) is -9.87. The minimum absolute atomic E-state index is 0.1000. The van der Waals surface area contributed by atoms with Crippen molar-refractivity contribution >= 4 is 39.5 Å². The number of phosphoric acid groups is 2. The lowest BCUT2D eigenvalue weighted by atomic mass is 10.00. The molecule has 0 aliphatic heterocycles. The van der Waals surface area contributed by atoms with E-state index in [2.05, 4.69) is 55.4 Å². The molecule has 0 aromatic rings. The van der Waals surface area contributed by atoms with Gasteiger partial charge in [-0.05, 0) is 49.4 Å². The topological polar surface area (TPSA) is 237 Å². The number of ether oxygens (including phenoxy) is 4. The van der Waals surface area contributed by atoms with Crippen LogP contribution in [0.15, 0.2) is 0 Å². The van der Waals surface area contributed by atoms with Gasteiger partial charge in [-0.25, -0.2) is 9.13 Å². The molecule has 3 N–H and O–H groups in total. The van der Waals surface area contributed by atoms with Gasteiger partial charge in [-0.15, -0.1) is 0 Å². The molecule has 0 spiro atoms. The Morgan fingerprint density at radius 2 is 0.623 bits per heavy atom. The van der Waals surface area contributed by atoms with E-state index in [4.69, 9.17) is 37.0 Å². The van der Waals surface area contributed by atoms with E-state index in [0.717, 1.165) is 109 Å². The van der Waals surface area contributed by atoms with Crippen molar-refractivity contribution in [3.63, 3.8) is 0 Å². The van der Waals surface area contributed by atoms with Gasteiger partial charge >= 0.3 is 39.5 Å². The molecule has 0 aliphatic rings. The highest BCUT2D eigenvalue weighted by atomic mass is 31.2. The first-order valence-corrected chi connectivity index (χ1v) is 33.2. The van der Waals surface area contributed by atoms with Crippen molar-refractivity contribution in [1.82, 2.24) is 0 Å². The van der Waals surface area contributed by atoms with Gasteiger partial charge in [0.1, 0.15) is 19.3 Å². The largest absolute Gasteiger partial charge is 0.472 e. The van der Waals surface area contributed by atoms with E-state index in [0.29, 0.717) is 43.4 Å². The molecule has 0 rings (SSSR count). The van der Waals surface area contributed by atoms with E-state index in [9.17, 15) is 43.2 Å². The summed E-state index contributed by atoms with van der Waals surface area (Å²) >= 11 is 0. The Balaban J connectivity index is 5.25. The summed E-state index contributed by atoms with van der Waals surface area (Å²) in [6, 6.07) is 0. The highest BCUT2D eigenvalue weighted by molar-refractivity contribution is 7.47. The van der Waals surface area contributed by atoms with Crippen molar-refractivity contribution in [1.29, 1.82) is 0 Å². The standard InChI is InChI=1S/C58H112O17P2/c1-9-51(8)37-29-21-13-17-25-33-41-58(63)75-54(45-69-56(61)39-31-23-15-11-19-27-35-49(4)5)47-73-77(66,67)71-43-52(59)42-70-76(64,65)72-46-53(74-57(62)40-32-24-16-12-20-28-36-50(6)7)44-68-55(60)38-30-22-14-10-18-26-34-48(2)3/h48-54,59H,9-47H2,1-8H3,(H,64,65)(H,66,67)/t51?,52-,53-,54-/m1/s1. The maximum atomic E-state index is 12.9. The molecule has 3 unspecified atom stereocenters. The first-order valence-electron chi connectivity index (χ1n) is 30.2. The molecule has 0 heterocycles. The van der Waals surface area contributed by atoms with Crippen LogP contribution in [0.4, 0.5) is 0 Å². The number of phosphoric ester groups is 2. The minimum atomic E-state index is -4.94. The third-order valence-electron chi connectivity index (χ3n) is 13.4. The fourth-order valence-electron chi connectivity index (χ4n) is 8.34. The highest BCUT2D eigenvalue weighted by Gasteiger charge is 2.30. The quantitative estimate of drug-likeness (QED) is 0.0222. The normalized spacial score (nSPS) is 15.0. The molecule has 0 aromatic heterocycles. The van der Waals surface area contributed by atoms with Crippen LogP contribution < -0.4 is 0 Å². The smallest absolute Gasteiger partial charge is 0.462 e. The molecule has 0 bridgehead atoms. The van der Waals surface area contributed by atoms with Crippen molar-refractivity contribution < 1.29 is 80.2 Å². The monoisotopic (exact) mass is 1140 g/mol. The van der Waals surface area contributed by atoms with Crippen molar-refractivity contribution in [3.8, 4) is 0 Å². The predicted octanol–water partition coefficient (Wildman–Crippen LogP) is 15.0. The lowest BCUT2D eigenvalue weighted by Crippen LogP contribution is -2.30. The number of hydrogen-bond donors (Lipinski definition) is 3. The SMILES string of the molecule is CCC(C)CCCCCCCCC(=O)O[C@H](COC(=O)CCCCCCCCC(C)C)COP(=O)(O)OC[C@H](O)COP(=O)(O)OC[C@@H](COC(=O)CCCCCCCCC(C)C)OC(=O)CCCCCCCCC(C)C. The van der Waals surface area contributed by atoms with Gasteiger partial charge in [0.25, 0.3) is 0 Å². The Bertz CT molecular complexity index is 1560. The molecular formula is C58H112O17P2. The second kappa shape index (κ2) is 48.7. The van der Waals surface area contributed by atoms with Gasteiger partial charge in [-0.2, -0.15) is 0 Å². The lowest BCUT2D eigenvalue weighted by Gasteiger charge is -2.21. The zero-order valence-electron chi connectivity index (χ0n) is 49.6. The summed E-state index contributed by atoms with van der Waals surface area (Å²) in [4.78, 5) is 71.8. The van der Waals surface area contributed by atoms with Crippen molar-refractivity contribution in [2.24, 2.45) is 23.7 Å². The summed E-state index contributed by atoms with van der Waals surface area (Å²) in [6.07, 6.45) is 25.8.